The number of carbonyl (C=O) groups excluding carboxylic acids is 3. The second kappa shape index (κ2) is 7.68. The number of benzene rings is 1. The first kappa shape index (κ1) is 18.7. The van der Waals surface area contributed by atoms with E-state index >= 15 is 0 Å². The Labute approximate surface area is 152 Å². The number of hydrogen-bond donors (Lipinski definition) is 1. The number of alkyl halides is 2. The van der Waals surface area contributed by atoms with Crippen LogP contribution in [-0.2, 0) is 14.3 Å². The zero-order chi connectivity index (χ0) is 19.6. The van der Waals surface area contributed by atoms with Crippen LogP contribution in [0.2, 0.25) is 0 Å². The SMILES string of the molecule is O=C1C=CN(c2ccc(N3CC(CNC(=O)C(F)F)OC3=O)cc2F)CC1. The minimum Gasteiger partial charge on any atom is -0.442 e. The van der Waals surface area contributed by atoms with Gasteiger partial charge in [0.25, 0.3) is 5.91 Å². The van der Waals surface area contributed by atoms with Gasteiger partial charge in [-0.25, -0.2) is 9.18 Å². The molecular formula is C17H16F3N3O4. The van der Waals surface area contributed by atoms with Crippen molar-refractivity contribution in [2.24, 2.45) is 0 Å². The van der Waals surface area contributed by atoms with Gasteiger partial charge in [-0.2, -0.15) is 8.78 Å². The molecule has 0 saturated carbocycles. The summed E-state index contributed by atoms with van der Waals surface area (Å²) < 4.78 is 43.8. The average Bonchev–Trinajstić information content (AvgIpc) is 3.01. The quantitative estimate of drug-likeness (QED) is 0.839. The van der Waals surface area contributed by atoms with Crippen LogP contribution < -0.4 is 15.1 Å². The van der Waals surface area contributed by atoms with Crippen LogP contribution in [0.4, 0.5) is 29.3 Å². The summed E-state index contributed by atoms with van der Waals surface area (Å²) >= 11 is 0. The predicted octanol–water partition coefficient (Wildman–Crippen LogP) is 1.83. The number of nitrogens with one attached hydrogen (secondary N) is 1. The first-order chi connectivity index (χ1) is 12.8. The number of amides is 2. The third-order valence-electron chi connectivity index (χ3n) is 4.17. The summed E-state index contributed by atoms with van der Waals surface area (Å²) in [5, 5.41) is 1.97. The highest BCUT2D eigenvalue weighted by molar-refractivity contribution is 5.92. The lowest BCUT2D eigenvalue weighted by molar-refractivity contribution is -0.132. The van der Waals surface area contributed by atoms with Gasteiger partial charge >= 0.3 is 12.5 Å². The van der Waals surface area contributed by atoms with Gasteiger partial charge in [0.2, 0.25) is 0 Å². The lowest BCUT2D eigenvalue weighted by Crippen LogP contribution is -2.37. The van der Waals surface area contributed by atoms with E-state index in [0.29, 0.717) is 6.54 Å². The highest BCUT2D eigenvalue weighted by Gasteiger charge is 2.33. The summed E-state index contributed by atoms with van der Waals surface area (Å²) in [5.74, 6) is -2.07. The van der Waals surface area contributed by atoms with E-state index in [4.69, 9.17) is 4.74 Å². The van der Waals surface area contributed by atoms with Gasteiger partial charge in [0.1, 0.15) is 11.9 Å². The van der Waals surface area contributed by atoms with Crippen molar-refractivity contribution in [1.29, 1.82) is 0 Å². The van der Waals surface area contributed by atoms with Crippen molar-refractivity contribution in [2.75, 3.05) is 29.4 Å². The van der Waals surface area contributed by atoms with Crippen molar-refractivity contribution in [2.45, 2.75) is 19.0 Å². The van der Waals surface area contributed by atoms with E-state index < -0.39 is 30.3 Å². The first-order valence-electron chi connectivity index (χ1n) is 8.16. The maximum absolute atomic E-state index is 14.5. The highest BCUT2D eigenvalue weighted by atomic mass is 19.3. The fraction of sp³-hybridized carbons (Fsp3) is 0.353. The van der Waals surface area contributed by atoms with E-state index in [0.717, 1.165) is 11.0 Å². The number of ketones is 1. The van der Waals surface area contributed by atoms with Crippen LogP contribution in [-0.4, -0.2) is 49.9 Å². The molecule has 2 amide bonds. The third-order valence-corrected chi connectivity index (χ3v) is 4.17. The molecule has 0 aromatic heterocycles. The molecular weight excluding hydrogens is 367 g/mol. The maximum Gasteiger partial charge on any atom is 0.414 e. The van der Waals surface area contributed by atoms with Crippen LogP contribution in [0.3, 0.4) is 0 Å². The van der Waals surface area contributed by atoms with E-state index in [-0.39, 0.29) is 36.7 Å². The normalized spacial score (nSPS) is 19.6. The molecule has 0 aliphatic carbocycles. The third kappa shape index (κ3) is 4.21. The van der Waals surface area contributed by atoms with Crippen molar-refractivity contribution < 1.29 is 32.3 Å². The van der Waals surface area contributed by atoms with E-state index in [1.54, 1.807) is 4.90 Å². The van der Waals surface area contributed by atoms with E-state index in [1.807, 2.05) is 5.32 Å². The summed E-state index contributed by atoms with van der Waals surface area (Å²) in [6, 6.07) is 4.15. The van der Waals surface area contributed by atoms with E-state index in [1.165, 1.54) is 24.4 Å². The molecule has 0 radical (unpaired) electrons. The Morgan fingerprint density at radius 1 is 1.33 bits per heavy atom. The lowest BCUT2D eigenvalue weighted by Gasteiger charge is -2.24. The van der Waals surface area contributed by atoms with Crippen molar-refractivity contribution in [3.05, 3.63) is 36.3 Å². The van der Waals surface area contributed by atoms with Gasteiger partial charge in [-0.1, -0.05) is 0 Å². The molecule has 1 saturated heterocycles. The molecule has 7 nitrogen and oxygen atoms in total. The Kier molecular flexibility index (Phi) is 5.33. The molecule has 2 aliphatic rings. The van der Waals surface area contributed by atoms with Crippen molar-refractivity contribution in [3.63, 3.8) is 0 Å². The highest BCUT2D eigenvalue weighted by Crippen LogP contribution is 2.29. The number of hydrogen-bond acceptors (Lipinski definition) is 5. The molecule has 1 unspecified atom stereocenters. The van der Waals surface area contributed by atoms with Crippen LogP contribution in [0.25, 0.3) is 0 Å². The van der Waals surface area contributed by atoms with Crippen LogP contribution >= 0.6 is 0 Å². The summed E-state index contributed by atoms with van der Waals surface area (Å²) in [6.07, 6.45) is -1.59. The van der Waals surface area contributed by atoms with Gasteiger partial charge in [-0.3, -0.25) is 14.5 Å². The number of carbonyl (C=O) groups is 3. The van der Waals surface area contributed by atoms with Gasteiger partial charge < -0.3 is 15.0 Å². The van der Waals surface area contributed by atoms with Gasteiger partial charge in [-0.15, -0.1) is 0 Å². The summed E-state index contributed by atoms with van der Waals surface area (Å²) in [5.41, 5.74) is 0.497. The van der Waals surface area contributed by atoms with Gasteiger partial charge in [0.05, 0.1) is 24.5 Å². The average molecular weight is 383 g/mol. The Morgan fingerprint density at radius 3 is 2.74 bits per heavy atom. The van der Waals surface area contributed by atoms with Crippen molar-refractivity contribution >= 4 is 29.2 Å². The second-order valence-corrected chi connectivity index (χ2v) is 6.02. The number of cyclic esters (lactones) is 1. The van der Waals surface area contributed by atoms with Crippen LogP contribution in [0, 0.1) is 5.82 Å². The summed E-state index contributed by atoms with van der Waals surface area (Å²) in [6.45, 7) is 0.0705. The fourth-order valence-corrected chi connectivity index (χ4v) is 2.79. The second-order valence-electron chi connectivity index (χ2n) is 6.02. The fourth-order valence-electron chi connectivity index (χ4n) is 2.79. The number of rotatable bonds is 5. The Hall–Kier alpha value is -3.04. The molecule has 3 rings (SSSR count). The zero-order valence-electron chi connectivity index (χ0n) is 14.0. The van der Waals surface area contributed by atoms with Gasteiger partial charge in [-0.05, 0) is 24.3 Å². The molecule has 1 atom stereocenters. The first-order valence-corrected chi connectivity index (χ1v) is 8.16. The number of anilines is 2. The van der Waals surface area contributed by atoms with Crippen LogP contribution in [0.15, 0.2) is 30.5 Å². The molecule has 2 aliphatic heterocycles. The van der Waals surface area contributed by atoms with Gasteiger partial charge in [0.15, 0.2) is 5.78 Å². The van der Waals surface area contributed by atoms with Crippen LogP contribution in [0.1, 0.15) is 6.42 Å². The molecule has 144 valence electrons. The van der Waals surface area contributed by atoms with Crippen molar-refractivity contribution in [1.82, 2.24) is 5.32 Å². The standard InChI is InChI=1S/C17H16F3N3O4/c18-13-7-10(1-2-14(13)22-5-3-11(24)4-6-22)23-9-12(27-17(23)26)8-21-16(25)15(19)20/h1-3,5,7,12,15H,4,6,8-9H2,(H,21,25). The maximum atomic E-state index is 14.5. The molecule has 0 spiro atoms. The molecule has 2 heterocycles. The number of nitrogens with zero attached hydrogens (tertiary/aromatic N) is 2. The summed E-state index contributed by atoms with van der Waals surface area (Å²) in [7, 11) is 0. The largest absolute Gasteiger partial charge is 0.442 e. The lowest BCUT2D eigenvalue weighted by atomic mass is 10.1. The molecule has 0 bridgehead atoms. The number of allylic oxidation sites excluding steroid dienone is 1. The minimum absolute atomic E-state index is 0.0146. The topological polar surface area (TPSA) is 79.0 Å². The molecule has 1 aromatic rings. The molecule has 10 heteroatoms. The molecule has 1 aromatic carbocycles. The number of ether oxygens (including phenoxy) is 1. The minimum atomic E-state index is -3.15. The predicted molar refractivity (Wildman–Crippen MR) is 89.1 cm³/mol. The molecule has 1 fully saturated rings. The van der Waals surface area contributed by atoms with Crippen LogP contribution in [0.5, 0.6) is 0 Å². The zero-order valence-corrected chi connectivity index (χ0v) is 14.0. The Morgan fingerprint density at radius 2 is 2.11 bits per heavy atom. The summed E-state index contributed by atoms with van der Waals surface area (Å²) in [4.78, 5) is 36.8. The Balaban J connectivity index is 1.67. The van der Waals surface area contributed by atoms with E-state index in [9.17, 15) is 27.6 Å². The Bertz CT molecular complexity index is 800. The van der Waals surface area contributed by atoms with E-state index in [2.05, 4.69) is 0 Å². The van der Waals surface area contributed by atoms with Gasteiger partial charge in [0, 0.05) is 19.2 Å². The number of halogens is 3. The molecule has 27 heavy (non-hydrogen) atoms. The monoisotopic (exact) mass is 383 g/mol. The molecule has 1 N–H and O–H groups in total. The van der Waals surface area contributed by atoms with Crippen molar-refractivity contribution in [3.8, 4) is 0 Å². The smallest absolute Gasteiger partial charge is 0.414 e.